The third-order valence-corrected chi connectivity index (χ3v) is 3.09. The molecule has 2 aromatic rings. The summed E-state index contributed by atoms with van der Waals surface area (Å²) in [6.45, 7) is 2.09. The van der Waals surface area contributed by atoms with Crippen molar-refractivity contribution in [2.45, 2.75) is 25.8 Å². The molecular formula is C13H16ClN3. The van der Waals surface area contributed by atoms with Crippen molar-refractivity contribution in [2.24, 2.45) is 5.73 Å². The van der Waals surface area contributed by atoms with Crippen LogP contribution in [0.25, 0.3) is 5.69 Å². The third-order valence-electron chi connectivity index (χ3n) is 2.79. The van der Waals surface area contributed by atoms with Gasteiger partial charge in [0.25, 0.3) is 0 Å². The summed E-state index contributed by atoms with van der Waals surface area (Å²) in [6, 6.07) is 8.07. The van der Waals surface area contributed by atoms with Gasteiger partial charge in [-0.2, -0.15) is 5.10 Å². The molecule has 1 aromatic heterocycles. The van der Waals surface area contributed by atoms with E-state index in [-0.39, 0.29) is 6.04 Å². The van der Waals surface area contributed by atoms with Crippen LogP contribution in [-0.2, 0) is 6.42 Å². The lowest BCUT2D eigenvalue weighted by Crippen LogP contribution is -2.21. The second-order valence-electron chi connectivity index (χ2n) is 4.11. The van der Waals surface area contributed by atoms with E-state index in [9.17, 15) is 0 Å². The van der Waals surface area contributed by atoms with E-state index < -0.39 is 0 Å². The van der Waals surface area contributed by atoms with E-state index in [0.717, 1.165) is 18.5 Å². The molecule has 3 nitrogen and oxygen atoms in total. The van der Waals surface area contributed by atoms with Gasteiger partial charge in [-0.15, -0.1) is 0 Å². The van der Waals surface area contributed by atoms with Crippen molar-refractivity contribution in [3.05, 3.63) is 47.2 Å². The Morgan fingerprint density at radius 1 is 1.47 bits per heavy atom. The summed E-state index contributed by atoms with van der Waals surface area (Å²) >= 11 is 6.25. The molecule has 0 aliphatic heterocycles. The molecule has 1 atom stereocenters. The van der Waals surface area contributed by atoms with Crippen LogP contribution in [0.1, 0.15) is 18.9 Å². The fraction of sp³-hybridized carbons (Fsp3) is 0.308. The minimum absolute atomic E-state index is 0.196. The fourth-order valence-electron chi connectivity index (χ4n) is 1.72. The number of hydrogen-bond donors (Lipinski definition) is 1. The van der Waals surface area contributed by atoms with Gasteiger partial charge in [0.05, 0.1) is 10.7 Å². The fourth-order valence-corrected chi connectivity index (χ4v) is 2.01. The Kier molecular flexibility index (Phi) is 3.82. The maximum Gasteiger partial charge on any atom is 0.0831 e. The number of benzene rings is 1. The molecule has 2 N–H and O–H groups in total. The molecule has 1 unspecified atom stereocenters. The summed E-state index contributed by atoms with van der Waals surface area (Å²) < 4.78 is 1.76. The highest BCUT2D eigenvalue weighted by molar-refractivity contribution is 6.32. The number of rotatable bonds is 4. The van der Waals surface area contributed by atoms with Crippen molar-refractivity contribution in [1.29, 1.82) is 0 Å². The second-order valence-corrected chi connectivity index (χ2v) is 4.52. The van der Waals surface area contributed by atoms with Crippen molar-refractivity contribution in [3.63, 3.8) is 0 Å². The van der Waals surface area contributed by atoms with Crippen molar-refractivity contribution >= 4 is 11.6 Å². The van der Waals surface area contributed by atoms with Gasteiger partial charge in [0, 0.05) is 18.4 Å². The van der Waals surface area contributed by atoms with Crippen molar-refractivity contribution in [2.75, 3.05) is 0 Å². The van der Waals surface area contributed by atoms with E-state index in [1.165, 1.54) is 5.56 Å². The van der Waals surface area contributed by atoms with Gasteiger partial charge in [-0.25, -0.2) is 4.68 Å². The lowest BCUT2D eigenvalue weighted by molar-refractivity contribution is 0.646. The van der Waals surface area contributed by atoms with Gasteiger partial charge in [-0.3, -0.25) is 0 Å². The average molecular weight is 250 g/mol. The van der Waals surface area contributed by atoms with Crippen LogP contribution in [0.5, 0.6) is 0 Å². The number of aromatic nitrogens is 2. The first-order valence-electron chi connectivity index (χ1n) is 5.74. The Hall–Kier alpha value is -1.32. The smallest absolute Gasteiger partial charge is 0.0831 e. The van der Waals surface area contributed by atoms with E-state index in [1.807, 2.05) is 24.4 Å². The topological polar surface area (TPSA) is 43.8 Å². The summed E-state index contributed by atoms with van der Waals surface area (Å²) in [7, 11) is 0. The standard InChI is InChI=1S/C13H16ClN3/c1-2-11(15)8-10-4-5-13(12(14)9-10)17-7-3-6-16-17/h3-7,9,11H,2,8,15H2,1H3. The monoisotopic (exact) mass is 249 g/mol. The van der Waals surface area contributed by atoms with Crippen LogP contribution >= 0.6 is 11.6 Å². The third kappa shape index (κ3) is 2.87. The van der Waals surface area contributed by atoms with Crippen molar-refractivity contribution < 1.29 is 0 Å². The average Bonchev–Trinajstić information content (AvgIpc) is 2.82. The number of nitrogens with zero attached hydrogens (tertiary/aromatic N) is 2. The minimum atomic E-state index is 0.196. The normalized spacial score (nSPS) is 12.6. The summed E-state index contributed by atoms with van der Waals surface area (Å²) in [4.78, 5) is 0. The zero-order valence-corrected chi connectivity index (χ0v) is 10.6. The zero-order chi connectivity index (χ0) is 12.3. The summed E-state index contributed by atoms with van der Waals surface area (Å²) in [5, 5.41) is 4.86. The first kappa shape index (κ1) is 12.1. The SMILES string of the molecule is CCC(N)Cc1ccc(-n2cccn2)c(Cl)c1. The first-order valence-corrected chi connectivity index (χ1v) is 6.12. The predicted octanol–water partition coefficient (Wildman–Crippen LogP) is 2.81. The molecule has 0 saturated heterocycles. The van der Waals surface area contributed by atoms with Crippen molar-refractivity contribution in [1.82, 2.24) is 9.78 Å². The van der Waals surface area contributed by atoms with Crippen LogP contribution in [0, 0.1) is 0 Å². The number of nitrogens with two attached hydrogens (primary N) is 1. The second kappa shape index (κ2) is 5.34. The highest BCUT2D eigenvalue weighted by atomic mass is 35.5. The van der Waals surface area contributed by atoms with Gasteiger partial charge in [0.2, 0.25) is 0 Å². The Labute approximate surface area is 106 Å². The molecular weight excluding hydrogens is 234 g/mol. The van der Waals surface area contributed by atoms with Gasteiger partial charge in [-0.05, 0) is 36.6 Å². The Balaban J connectivity index is 2.23. The molecule has 0 bridgehead atoms. The van der Waals surface area contributed by atoms with E-state index in [1.54, 1.807) is 10.9 Å². The Bertz CT molecular complexity index is 479. The lowest BCUT2D eigenvalue weighted by atomic mass is 10.0. The van der Waals surface area contributed by atoms with E-state index in [0.29, 0.717) is 5.02 Å². The van der Waals surface area contributed by atoms with Gasteiger partial charge in [0.1, 0.15) is 0 Å². The molecule has 0 spiro atoms. The largest absolute Gasteiger partial charge is 0.327 e. The lowest BCUT2D eigenvalue weighted by Gasteiger charge is -2.10. The molecule has 1 heterocycles. The highest BCUT2D eigenvalue weighted by Gasteiger charge is 2.06. The van der Waals surface area contributed by atoms with Gasteiger partial charge < -0.3 is 5.73 Å². The Morgan fingerprint density at radius 2 is 2.29 bits per heavy atom. The Morgan fingerprint density at radius 3 is 2.88 bits per heavy atom. The molecule has 90 valence electrons. The maximum atomic E-state index is 6.25. The quantitative estimate of drug-likeness (QED) is 0.906. The summed E-state index contributed by atoms with van der Waals surface area (Å²) in [6.07, 6.45) is 5.43. The van der Waals surface area contributed by atoms with Crippen LogP contribution in [0.4, 0.5) is 0 Å². The van der Waals surface area contributed by atoms with Gasteiger partial charge in [0.15, 0.2) is 0 Å². The van der Waals surface area contributed by atoms with Gasteiger partial charge in [-0.1, -0.05) is 24.6 Å². The molecule has 0 radical (unpaired) electrons. The molecule has 0 aliphatic rings. The molecule has 0 aliphatic carbocycles. The molecule has 2 rings (SSSR count). The molecule has 0 saturated carbocycles. The van der Waals surface area contributed by atoms with E-state index in [4.69, 9.17) is 17.3 Å². The van der Waals surface area contributed by atoms with Crippen LogP contribution in [0.15, 0.2) is 36.7 Å². The number of halogens is 1. The van der Waals surface area contributed by atoms with Crippen molar-refractivity contribution in [3.8, 4) is 5.69 Å². The maximum absolute atomic E-state index is 6.25. The van der Waals surface area contributed by atoms with Crippen LogP contribution in [0.3, 0.4) is 0 Å². The molecule has 17 heavy (non-hydrogen) atoms. The summed E-state index contributed by atoms with van der Waals surface area (Å²) in [5.41, 5.74) is 7.99. The van der Waals surface area contributed by atoms with Crippen LogP contribution in [-0.4, -0.2) is 15.8 Å². The molecule has 4 heteroatoms. The molecule has 0 fully saturated rings. The van der Waals surface area contributed by atoms with E-state index in [2.05, 4.69) is 18.1 Å². The predicted molar refractivity (Wildman–Crippen MR) is 70.5 cm³/mol. The highest BCUT2D eigenvalue weighted by Crippen LogP contribution is 2.22. The first-order chi connectivity index (χ1) is 8.20. The minimum Gasteiger partial charge on any atom is -0.327 e. The van der Waals surface area contributed by atoms with Crippen LogP contribution < -0.4 is 5.73 Å². The number of hydrogen-bond acceptors (Lipinski definition) is 2. The molecule has 1 aromatic carbocycles. The zero-order valence-electron chi connectivity index (χ0n) is 9.81. The van der Waals surface area contributed by atoms with Crippen LogP contribution in [0.2, 0.25) is 5.02 Å². The van der Waals surface area contributed by atoms with E-state index >= 15 is 0 Å². The summed E-state index contributed by atoms with van der Waals surface area (Å²) in [5.74, 6) is 0. The van der Waals surface area contributed by atoms with Gasteiger partial charge >= 0.3 is 0 Å². The molecule has 0 amide bonds.